The second-order valence-electron chi connectivity index (χ2n) is 4.48. The van der Waals surface area contributed by atoms with Crippen LogP contribution < -0.4 is 10.5 Å². The second kappa shape index (κ2) is 5.17. The Bertz CT molecular complexity index is 758. The SMILES string of the molecule is Nc1cccc(OCc2ccc3cccc(F)c3n2)c1. The van der Waals surface area contributed by atoms with E-state index in [2.05, 4.69) is 4.98 Å². The lowest BCUT2D eigenvalue weighted by Gasteiger charge is -2.07. The summed E-state index contributed by atoms with van der Waals surface area (Å²) in [5.41, 5.74) is 7.35. The number of ether oxygens (including phenoxy) is 1. The molecule has 1 aromatic heterocycles. The smallest absolute Gasteiger partial charge is 0.149 e. The van der Waals surface area contributed by atoms with Crippen molar-refractivity contribution < 1.29 is 9.13 Å². The van der Waals surface area contributed by atoms with Crippen LogP contribution in [0.25, 0.3) is 10.9 Å². The fourth-order valence-electron chi connectivity index (χ4n) is 1.99. The van der Waals surface area contributed by atoms with Crippen LogP contribution in [0.5, 0.6) is 5.75 Å². The molecule has 1 heterocycles. The topological polar surface area (TPSA) is 48.1 Å². The van der Waals surface area contributed by atoms with Crippen molar-refractivity contribution in [2.24, 2.45) is 0 Å². The molecular weight excluding hydrogens is 255 g/mol. The van der Waals surface area contributed by atoms with Gasteiger partial charge in [-0.15, -0.1) is 0 Å². The summed E-state index contributed by atoms with van der Waals surface area (Å²) in [4.78, 5) is 4.28. The van der Waals surface area contributed by atoms with Gasteiger partial charge in [0.25, 0.3) is 0 Å². The summed E-state index contributed by atoms with van der Waals surface area (Å²) in [6.45, 7) is 0.272. The standard InChI is InChI=1S/C16H13FN2O/c17-15-6-1-3-11-7-8-13(19-16(11)15)10-20-14-5-2-4-12(18)9-14/h1-9H,10,18H2. The Morgan fingerprint density at radius 2 is 1.90 bits per heavy atom. The number of aromatic nitrogens is 1. The molecule has 0 fully saturated rings. The predicted molar refractivity (Wildman–Crippen MR) is 76.9 cm³/mol. The van der Waals surface area contributed by atoms with Crippen LogP contribution in [0, 0.1) is 5.82 Å². The number of nitrogens with zero attached hydrogens (tertiary/aromatic N) is 1. The molecule has 0 amide bonds. The van der Waals surface area contributed by atoms with Crippen molar-refractivity contribution in [3.63, 3.8) is 0 Å². The lowest BCUT2D eigenvalue weighted by molar-refractivity contribution is 0.302. The zero-order chi connectivity index (χ0) is 13.9. The van der Waals surface area contributed by atoms with Crippen LogP contribution in [0.1, 0.15) is 5.69 Å². The number of rotatable bonds is 3. The third kappa shape index (κ3) is 2.54. The first-order valence-electron chi connectivity index (χ1n) is 6.25. The van der Waals surface area contributed by atoms with Gasteiger partial charge in [-0.3, -0.25) is 0 Å². The van der Waals surface area contributed by atoms with Crippen molar-refractivity contribution in [2.75, 3.05) is 5.73 Å². The summed E-state index contributed by atoms with van der Waals surface area (Å²) in [5, 5.41) is 0.776. The van der Waals surface area contributed by atoms with Gasteiger partial charge < -0.3 is 10.5 Å². The molecule has 0 unspecified atom stereocenters. The largest absolute Gasteiger partial charge is 0.487 e. The van der Waals surface area contributed by atoms with E-state index in [1.165, 1.54) is 6.07 Å². The molecule has 0 saturated heterocycles. The average Bonchev–Trinajstić information content (AvgIpc) is 2.46. The molecule has 0 aliphatic heterocycles. The van der Waals surface area contributed by atoms with Gasteiger partial charge in [-0.2, -0.15) is 0 Å². The summed E-state index contributed by atoms with van der Waals surface area (Å²) in [7, 11) is 0. The Morgan fingerprint density at radius 3 is 2.75 bits per heavy atom. The minimum Gasteiger partial charge on any atom is -0.487 e. The number of hydrogen-bond acceptors (Lipinski definition) is 3. The van der Waals surface area contributed by atoms with Crippen LogP contribution in [0.15, 0.2) is 54.6 Å². The Labute approximate surface area is 115 Å². The summed E-state index contributed by atoms with van der Waals surface area (Å²) >= 11 is 0. The molecule has 3 aromatic rings. The van der Waals surface area contributed by atoms with E-state index < -0.39 is 0 Å². The highest BCUT2D eigenvalue weighted by Crippen LogP contribution is 2.18. The minimum absolute atomic E-state index is 0.272. The van der Waals surface area contributed by atoms with Crippen molar-refractivity contribution >= 4 is 16.6 Å². The van der Waals surface area contributed by atoms with Crippen LogP contribution in [0.3, 0.4) is 0 Å². The molecular formula is C16H13FN2O. The van der Waals surface area contributed by atoms with E-state index in [4.69, 9.17) is 10.5 Å². The third-order valence-corrected chi connectivity index (χ3v) is 2.97. The van der Waals surface area contributed by atoms with E-state index in [1.807, 2.05) is 30.3 Å². The van der Waals surface area contributed by atoms with Gasteiger partial charge in [-0.05, 0) is 24.3 Å². The molecule has 4 heteroatoms. The number of nitrogens with two attached hydrogens (primary N) is 1. The summed E-state index contributed by atoms with van der Waals surface area (Å²) in [5.74, 6) is 0.341. The Balaban J connectivity index is 1.83. The highest BCUT2D eigenvalue weighted by Gasteiger charge is 2.04. The highest BCUT2D eigenvalue weighted by atomic mass is 19.1. The summed E-state index contributed by atoms with van der Waals surface area (Å²) in [6.07, 6.45) is 0. The summed E-state index contributed by atoms with van der Waals surface area (Å²) in [6, 6.07) is 15.7. The lowest BCUT2D eigenvalue weighted by atomic mass is 10.2. The van der Waals surface area contributed by atoms with Crippen LogP contribution in [0.2, 0.25) is 0 Å². The van der Waals surface area contributed by atoms with E-state index >= 15 is 0 Å². The monoisotopic (exact) mass is 268 g/mol. The van der Waals surface area contributed by atoms with E-state index in [1.54, 1.807) is 18.2 Å². The van der Waals surface area contributed by atoms with Crippen LogP contribution in [-0.4, -0.2) is 4.98 Å². The molecule has 0 radical (unpaired) electrons. The van der Waals surface area contributed by atoms with E-state index in [-0.39, 0.29) is 12.4 Å². The molecule has 0 bridgehead atoms. The number of hydrogen-bond donors (Lipinski definition) is 1. The molecule has 2 N–H and O–H groups in total. The van der Waals surface area contributed by atoms with Gasteiger partial charge in [0.1, 0.15) is 23.7 Å². The molecule has 0 aliphatic rings. The van der Waals surface area contributed by atoms with Gasteiger partial charge in [0, 0.05) is 17.1 Å². The number of para-hydroxylation sites is 1. The zero-order valence-electron chi connectivity index (χ0n) is 10.7. The van der Waals surface area contributed by atoms with Crippen LogP contribution in [-0.2, 0) is 6.61 Å². The van der Waals surface area contributed by atoms with Gasteiger partial charge in [-0.1, -0.05) is 24.3 Å². The first-order valence-corrected chi connectivity index (χ1v) is 6.25. The second-order valence-corrected chi connectivity index (χ2v) is 4.48. The molecule has 0 saturated carbocycles. The Hall–Kier alpha value is -2.62. The first kappa shape index (κ1) is 12.4. The molecule has 100 valence electrons. The van der Waals surface area contributed by atoms with Gasteiger partial charge in [0.15, 0.2) is 0 Å². The Kier molecular flexibility index (Phi) is 3.21. The molecule has 2 aromatic carbocycles. The highest BCUT2D eigenvalue weighted by molar-refractivity contribution is 5.79. The maximum Gasteiger partial charge on any atom is 0.149 e. The van der Waals surface area contributed by atoms with Gasteiger partial charge in [-0.25, -0.2) is 9.37 Å². The number of benzene rings is 2. The van der Waals surface area contributed by atoms with Gasteiger partial charge >= 0.3 is 0 Å². The molecule has 0 atom stereocenters. The number of nitrogen functional groups attached to an aromatic ring is 1. The molecule has 0 aliphatic carbocycles. The lowest BCUT2D eigenvalue weighted by Crippen LogP contribution is -1.99. The van der Waals surface area contributed by atoms with Crippen molar-refractivity contribution in [3.8, 4) is 5.75 Å². The van der Waals surface area contributed by atoms with E-state index in [0.717, 1.165) is 5.39 Å². The Morgan fingerprint density at radius 1 is 1.05 bits per heavy atom. The quantitative estimate of drug-likeness (QED) is 0.739. The van der Waals surface area contributed by atoms with Gasteiger partial charge in [0.05, 0.1) is 5.69 Å². The first-order chi connectivity index (χ1) is 9.72. The summed E-state index contributed by atoms with van der Waals surface area (Å²) < 4.78 is 19.3. The van der Waals surface area contributed by atoms with Crippen LogP contribution in [0.4, 0.5) is 10.1 Å². The van der Waals surface area contributed by atoms with Crippen molar-refractivity contribution in [1.29, 1.82) is 0 Å². The number of pyridine rings is 1. The maximum absolute atomic E-state index is 13.7. The average molecular weight is 268 g/mol. The van der Waals surface area contributed by atoms with E-state index in [0.29, 0.717) is 22.6 Å². The maximum atomic E-state index is 13.7. The van der Waals surface area contributed by atoms with Gasteiger partial charge in [0.2, 0.25) is 0 Å². The van der Waals surface area contributed by atoms with Crippen LogP contribution >= 0.6 is 0 Å². The van der Waals surface area contributed by atoms with Crippen molar-refractivity contribution in [2.45, 2.75) is 6.61 Å². The van der Waals surface area contributed by atoms with E-state index in [9.17, 15) is 4.39 Å². The van der Waals surface area contributed by atoms with Crippen molar-refractivity contribution in [3.05, 3.63) is 66.1 Å². The molecule has 0 spiro atoms. The third-order valence-electron chi connectivity index (χ3n) is 2.97. The molecule has 3 nitrogen and oxygen atoms in total. The number of anilines is 1. The van der Waals surface area contributed by atoms with Crippen molar-refractivity contribution in [1.82, 2.24) is 4.98 Å². The number of fused-ring (bicyclic) bond motifs is 1. The molecule has 20 heavy (non-hydrogen) atoms. The number of halogens is 1. The molecule has 3 rings (SSSR count). The minimum atomic E-state index is -0.326. The fraction of sp³-hybridized carbons (Fsp3) is 0.0625. The fourth-order valence-corrected chi connectivity index (χ4v) is 1.99. The predicted octanol–water partition coefficient (Wildman–Crippen LogP) is 3.54. The zero-order valence-corrected chi connectivity index (χ0v) is 10.7. The normalized spacial score (nSPS) is 10.7.